The SMILES string of the molecule is CC/C(=C/CNc1ccc(C)c(C)c1)C(=O)OC. The molecule has 0 heterocycles. The number of aryl methyl sites for hydroxylation is 2. The van der Waals surface area contributed by atoms with Crippen LogP contribution in [-0.4, -0.2) is 19.6 Å². The molecule has 0 unspecified atom stereocenters. The van der Waals surface area contributed by atoms with Crippen molar-refractivity contribution in [3.63, 3.8) is 0 Å². The van der Waals surface area contributed by atoms with E-state index in [-0.39, 0.29) is 5.97 Å². The molecule has 0 saturated heterocycles. The van der Waals surface area contributed by atoms with Gasteiger partial charge in [0.25, 0.3) is 0 Å². The van der Waals surface area contributed by atoms with Gasteiger partial charge in [-0.15, -0.1) is 0 Å². The Labute approximate surface area is 109 Å². The number of hydrogen-bond donors (Lipinski definition) is 1. The van der Waals surface area contributed by atoms with Gasteiger partial charge in [0.1, 0.15) is 0 Å². The molecule has 18 heavy (non-hydrogen) atoms. The fourth-order valence-electron chi connectivity index (χ4n) is 1.65. The van der Waals surface area contributed by atoms with Gasteiger partial charge in [-0.2, -0.15) is 0 Å². The Balaban J connectivity index is 2.62. The minimum absolute atomic E-state index is 0.251. The van der Waals surface area contributed by atoms with Crippen LogP contribution in [0.2, 0.25) is 0 Å². The molecule has 1 rings (SSSR count). The number of carbonyl (C=O) groups excluding carboxylic acids is 1. The fraction of sp³-hybridized carbons (Fsp3) is 0.400. The summed E-state index contributed by atoms with van der Waals surface area (Å²) in [5, 5.41) is 3.27. The molecule has 3 nitrogen and oxygen atoms in total. The van der Waals surface area contributed by atoms with E-state index in [0.29, 0.717) is 18.5 Å². The zero-order valence-corrected chi connectivity index (χ0v) is 11.5. The van der Waals surface area contributed by atoms with Crippen molar-refractivity contribution in [2.45, 2.75) is 27.2 Å². The minimum Gasteiger partial charge on any atom is -0.466 e. The molecule has 3 heteroatoms. The second-order valence-electron chi connectivity index (χ2n) is 4.25. The maximum Gasteiger partial charge on any atom is 0.333 e. The summed E-state index contributed by atoms with van der Waals surface area (Å²) in [5.74, 6) is -0.251. The van der Waals surface area contributed by atoms with Gasteiger partial charge in [-0.1, -0.05) is 19.1 Å². The normalized spacial score (nSPS) is 11.2. The second-order valence-corrected chi connectivity index (χ2v) is 4.25. The largest absolute Gasteiger partial charge is 0.466 e. The Hall–Kier alpha value is -1.77. The summed E-state index contributed by atoms with van der Waals surface area (Å²) in [6, 6.07) is 6.23. The summed E-state index contributed by atoms with van der Waals surface area (Å²) in [4.78, 5) is 11.4. The Morgan fingerprint density at radius 3 is 2.61 bits per heavy atom. The van der Waals surface area contributed by atoms with Crippen molar-refractivity contribution in [3.8, 4) is 0 Å². The van der Waals surface area contributed by atoms with Gasteiger partial charge in [0, 0.05) is 17.8 Å². The number of nitrogens with one attached hydrogen (secondary N) is 1. The van der Waals surface area contributed by atoms with E-state index in [1.54, 1.807) is 0 Å². The number of methoxy groups -OCH3 is 1. The van der Waals surface area contributed by atoms with E-state index in [1.807, 2.05) is 19.1 Å². The van der Waals surface area contributed by atoms with Crippen LogP contribution in [0.4, 0.5) is 5.69 Å². The van der Waals surface area contributed by atoms with Crippen LogP contribution in [0.25, 0.3) is 0 Å². The van der Waals surface area contributed by atoms with Gasteiger partial charge in [-0.25, -0.2) is 4.79 Å². The summed E-state index contributed by atoms with van der Waals surface area (Å²) in [6.45, 7) is 6.74. The van der Waals surface area contributed by atoms with E-state index in [1.165, 1.54) is 18.2 Å². The van der Waals surface area contributed by atoms with Crippen molar-refractivity contribution >= 4 is 11.7 Å². The molecule has 1 aromatic carbocycles. The summed E-state index contributed by atoms with van der Waals surface area (Å²) in [6.07, 6.45) is 2.56. The fourth-order valence-corrected chi connectivity index (χ4v) is 1.65. The van der Waals surface area contributed by atoms with Crippen LogP contribution in [0.1, 0.15) is 24.5 Å². The Morgan fingerprint density at radius 2 is 2.06 bits per heavy atom. The molecule has 0 atom stereocenters. The van der Waals surface area contributed by atoms with Gasteiger partial charge in [0.15, 0.2) is 0 Å². The van der Waals surface area contributed by atoms with Crippen LogP contribution in [0.15, 0.2) is 29.8 Å². The van der Waals surface area contributed by atoms with Crippen molar-refractivity contribution in [1.82, 2.24) is 0 Å². The summed E-state index contributed by atoms with van der Waals surface area (Å²) < 4.78 is 4.71. The molecule has 0 aliphatic heterocycles. The quantitative estimate of drug-likeness (QED) is 0.641. The Morgan fingerprint density at radius 1 is 1.33 bits per heavy atom. The van der Waals surface area contributed by atoms with E-state index in [9.17, 15) is 4.79 Å². The van der Waals surface area contributed by atoms with Crippen LogP contribution in [0.3, 0.4) is 0 Å². The van der Waals surface area contributed by atoms with E-state index < -0.39 is 0 Å². The van der Waals surface area contributed by atoms with Crippen molar-refractivity contribution in [2.75, 3.05) is 19.0 Å². The molecule has 0 aliphatic rings. The molecular formula is C15H21NO2. The average molecular weight is 247 g/mol. The first-order valence-electron chi connectivity index (χ1n) is 6.17. The third-order valence-electron chi connectivity index (χ3n) is 2.99. The smallest absolute Gasteiger partial charge is 0.333 e. The average Bonchev–Trinajstić information content (AvgIpc) is 2.38. The maximum absolute atomic E-state index is 11.4. The van der Waals surface area contributed by atoms with Crippen LogP contribution < -0.4 is 5.32 Å². The molecule has 0 amide bonds. The van der Waals surface area contributed by atoms with Crippen molar-refractivity contribution in [1.29, 1.82) is 0 Å². The van der Waals surface area contributed by atoms with E-state index in [0.717, 1.165) is 5.69 Å². The topological polar surface area (TPSA) is 38.3 Å². The van der Waals surface area contributed by atoms with Gasteiger partial charge >= 0.3 is 5.97 Å². The minimum atomic E-state index is -0.251. The molecule has 0 aromatic heterocycles. The van der Waals surface area contributed by atoms with Gasteiger partial charge in [0.05, 0.1) is 7.11 Å². The van der Waals surface area contributed by atoms with E-state index in [2.05, 4.69) is 31.3 Å². The van der Waals surface area contributed by atoms with Gasteiger partial charge in [-0.05, 0) is 43.5 Å². The maximum atomic E-state index is 11.4. The van der Waals surface area contributed by atoms with Crippen LogP contribution in [0.5, 0.6) is 0 Å². The molecule has 98 valence electrons. The van der Waals surface area contributed by atoms with Crippen LogP contribution in [-0.2, 0) is 9.53 Å². The highest BCUT2D eigenvalue weighted by Crippen LogP contribution is 2.14. The van der Waals surface area contributed by atoms with Gasteiger partial charge < -0.3 is 10.1 Å². The molecule has 0 fully saturated rings. The third kappa shape index (κ3) is 3.91. The number of rotatable bonds is 5. The molecule has 1 aromatic rings. The lowest BCUT2D eigenvalue weighted by Crippen LogP contribution is -2.07. The molecule has 0 bridgehead atoms. The molecule has 0 spiro atoms. The Bertz CT molecular complexity index is 450. The highest BCUT2D eigenvalue weighted by Gasteiger charge is 2.05. The molecule has 0 aliphatic carbocycles. The number of anilines is 1. The van der Waals surface area contributed by atoms with E-state index >= 15 is 0 Å². The number of benzene rings is 1. The highest BCUT2D eigenvalue weighted by molar-refractivity contribution is 5.88. The number of hydrogen-bond acceptors (Lipinski definition) is 3. The van der Waals surface area contributed by atoms with Crippen molar-refractivity contribution < 1.29 is 9.53 Å². The van der Waals surface area contributed by atoms with Gasteiger partial charge in [-0.3, -0.25) is 0 Å². The highest BCUT2D eigenvalue weighted by atomic mass is 16.5. The first-order valence-corrected chi connectivity index (χ1v) is 6.17. The monoisotopic (exact) mass is 247 g/mol. The molecule has 1 N–H and O–H groups in total. The number of esters is 1. The zero-order valence-electron chi connectivity index (χ0n) is 11.5. The predicted octanol–water partition coefficient (Wildman–Crippen LogP) is 3.22. The van der Waals surface area contributed by atoms with Crippen LogP contribution in [0, 0.1) is 13.8 Å². The lowest BCUT2D eigenvalue weighted by Gasteiger charge is -2.07. The molecule has 0 radical (unpaired) electrons. The van der Waals surface area contributed by atoms with Crippen LogP contribution >= 0.6 is 0 Å². The number of ether oxygens (including phenoxy) is 1. The zero-order chi connectivity index (χ0) is 13.5. The van der Waals surface area contributed by atoms with Crippen molar-refractivity contribution in [3.05, 3.63) is 41.0 Å². The predicted molar refractivity (Wildman–Crippen MR) is 74.8 cm³/mol. The number of carbonyl (C=O) groups is 1. The van der Waals surface area contributed by atoms with Crippen molar-refractivity contribution in [2.24, 2.45) is 0 Å². The Kier molecular flexibility index (Phi) is 5.43. The standard InChI is InChI=1S/C15H21NO2/c1-5-13(15(17)18-4)8-9-16-14-7-6-11(2)12(3)10-14/h6-8,10,16H,5,9H2,1-4H3/b13-8-. The lowest BCUT2D eigenvalue weighted by molar-refractivity contribution is -0.136. The second kappa shape index (κ2) is 6.84. The lowest BCUT2D eigenvalue weighted by atomic mass is 10.1. The summed E-state index contributed by atoms with van der Waals surface area (Å²) in [5.41, 5.74) is 4.30. The first kappa shape index (κ1) is 14.3. The summed E-state index contributed by atoms with van der Waals surface area (Å²) >= 11 is 0. The molecular weight excluding hydrogens is 226 g/mol. The first-order chi connectivity index (χ1) is 8.58. The van der Waals surface area contributed by atoms with E-state index in [4.69, 9.17) is 4.74 Å². The third-order valence-corrected chi connectivity index (χ3v) is 2.99. The summed E-state index contributed by atoms with van der Waals surface area (Å²) in [7, 11) is 1.41. The van der Waals surface area contributed by atoms with Gasteiger partial charge in [0.2, 0.25) is 0 Å². The molecule has 0 saturated carbocycles.